The van der Waals surface area contributed by atoms with Gasteiger partial charge in [0.15, 0.2) is 0 Å². The highest BCUT2D eigenvalue weighted by atomic mass is 19.3. The molecule has 0 spiro atoms. The zero-order chi connectivity index (χ0) is 9.14. The molecular weight excluding hydrogens is 164 g/mol. The van der Waals surface area contributed by atoms with Crippen molar-refractivity contribution in [1.29, 1.82) is 0 Å². The maximum Gasteiger partial charge on any atom is 0.239 e. The van der Waals surface area contributed by atoms with Gasteiger partial charge in [-0.2, -0.15) is 0 Å². The molecule has 0 aromatic rings. The molecule has 72 valence electrons. The van der Waals surface area contributed by atoms with E-state index in [-0.39, 0.29) is 18.3 Å². The van der Waals surface area contributed by atoms with Crippen LogP contribution in [0.4, 0.5) is 8.78 Å². The number of hydrogen-bond donors (Lipinski definition) is 2. The predicted octanol–water partition coefficient (Wildman–Crippen LogP) is 0.858. The number of rotatable bonds is 2. The largest absolute Gasteiger partial charge is 0.392 e. The molecule has 1 aliphatic heterocycles. The second-order valence-corrected chi connectivity index (χ2v) is 3.47. The fourth-order valence-electron chi connectivity index (χ4n) is 1.63. The van der Waals surface area contributed by atoms with Gasteiger partial charge in [0.2, 0.25) is 6.43 Å². The number of alkyl halides is 2. The van der Waals surface area contributed by atoms with E-state index in [1.54, 1.807) is 0 Å². The predicted molar refractivity (Wildman–Crippen MR) is 42.2 cm³/mol. The summed E-state index contributed by atoms with van der Waals surface area (Å²) in [5.41, 5.74) is 0. The number of piperidine rings is 1. The lowest BCUT2D eigenvalue weighted by Crippen LogP contribution is -2.46. The maximum absolute atomic E-state index is 12.0. The molecule has 1 fully saturated rings. The van der Waals surface area contributed by atoms with Gasteiger partial charge in [0.05, 0.1) is 6.10 Å². The van der Waals surface area contributed by atoms with Crippen molar-refractivity contribution in [2.75, 3.05) is 13.1 Å². The smallest absolute Gasteiger partial charge is 0.239 e. The van der Waals surface area contributed by atoms with E-state index < -0.39 is 12.5 Å². The molecule has 0 bridgehead atoms. The number of halogens is 2. The molecule has 0 aliphatic carbocycles. The molecule has 0 radical (unpaired) electrons. The highest BCUT2D eigenvalue weighted by Crippen LogP contribution is 2.24. The van der Waals surface area contributed by atoms with Crippen LogP contribution in [-0.4, -0.2) is 30.7 Å². The van der Waals surface area contributed by atoms with Gasteiger partial charge in [-0.3, -0.25) is 0 Å². The van der Waals surface area contributed by atoms with E-state index >= 15 is 0 Å². The Bertz CT molecular complexity index is 143. The van der Waals surface area contributed by atoms with Gasteiger partial charge >= 0.3 is 0 Å². The molecule has 12 heavy (non-hydrogen) atoms. The summed E-state index contributed by atoms with van der Waals surface area (Å²) in [6.45, 7) is 2.96. The average Bonchev–Trinajstić information content (AvgIpc) is 1.98. The molecular formula is C8H15F2NO. The van der Waals surface area contributed by atoms with Crippen LogP contribution in [0.15, 0.2) is 0 Å². The quantitative estimate of drug-likeness (QED) is 0.659. The first-order valence-corrected chi connectivity index (χ1v) is 4.28. The summed E-state index contributed by atoms with van der Waals surface area (Å²) in [5, 5.41) is 12.3. The SMILES string of the molecule is C[C@@H]1[C@@H](CC(F)F)CNC[C@H]1O. The third-order valence-electron chi connectivity index (χ3n) is 2.59. The van der Waals surface area contributed by atoms with E-state index in [2.05, 4.69) is 5.32 Å². The van der Waals surface area contributed by atoms with Crippen molar-refractivity contribution in [3.05, 3.63) is 0 Å². The third kappa shape index (κ3) is 2.38. The monoisotopic (exact) mass is 179 g/mol. The Labute approximate surface area is 71.0 Å². The van der Waals surface area contributed by atoms with Gasteiger partial charge in [-0.05, 0) is 18.4 Å². The summed E-state index contributed by atoms with van der Waals surface area (Å²) in [6.07, 6.45) is -2.84. The molecule has 1 saturated heterocycles. The Hall–Kier alpha value is -0.220. The lowest BCUT2D eigenvalue weighted by atomic mass is 9.84. The van der Waals surface area contributed by atoms with Crippen LogP contribution in [0.3, 0.4) is 0 Å². The molecule has 2 nitrogen and oxygen atoms in total. The lowest BCUT2D eigenvalue weighted by molar-refractivity contribution is 0.0236. The van der Waals surface area contributed by atoms with Crippen LogP contribution >= 0.6 is 0 Å². The Morgan fingerprint density at radius 3 is 2.75 bits per heavy atom. The lowest BCUT2D eigenvalue weighted by Gasteiger charge is -2.33. The normalized spacial score (nSPS) is 37.2. The number of nitrogens with one attached hydrogen (secondary N) is 1. The van der Waals surface area contributed by atoms with Crippen molar-refractivity contribution < 1.29 is 13.9 Å². The van der Waals surface area contributed by atoms with E-state index in [1.165, 1.54) is 0 Å². The van der Waals surface area contributed by atoms with Crippen molar-refractivity contribution >= 4 is 0 Å². The molecule has 0 aromatic carbocycles. The minimum absolute atomic E-state index is 0.0137. The third-order valence-corrected chi connectivity index (χ3v) is 2.59. The summed E-state index contributed by atoms with van der Waals surface area (Å²) in [6, 6.07) is 0. The van der Waals surface area contributed by atoms with E-state index in [1.807, 2.05) is 6.92 Å². The van der Waals surface area contributed by atoms with Crippen LogP contribution in [0.1, 0.15) is 13.3 Å². The molecule has 0 aromatic heterocycles. The summed E-state index contributed by atoms with van der Waals surface area (Å²) < 4.78 is 24.0. The zero-order valence-electron chi connectivity index (χ0n) is 7.13. The van der Waals surface area contributed by atoms with E-state index in [0.717, 1.165) is 0 Å². The average molecular weight is 179 g/mol. The van der Waals surface area contributed by atoms with Crippen molar-refractivity contribution in [2.45, 2.75) is 25.9 Å². The van der Waals surface area contributed by atoms with Gasteiger partial charge < -0.3 is 10.4 Å². The molecule has 0 saturated carbocycles. The van der Waals surface area contributed by atoms with Crippen molar-refractivity contribution in [3.63, 3.8) is 0 Å². The summed E-state index contributed by atoms with van der Waals surface area (Å²) in [4.78, 5) is 0. The first-order valence-electron chi connectivity index (χ1n) is 4.28. The van der Waals surface area contributed by atoms with Crippen LogP contribution in [0.2, 0.25) is 0 Å². The summed E-state index contributed by atoms with van der Waals surface area (Å²) in [5.74, 6) is -0.103. The summed E-state index contributed by atoms with van der Waals surface area (Å²) in [7, 11) is 0. The van der Waals surface area contributed by atoms with Crippen LogP contribution in [0.25, 0.3) is 0 Å². The molecule has 0 unspecified atom stereocenters. The van der Waals surface area contributed by atoms with Crippen LogP contribution in [0.5, 0.6) is 0 Å². The minimum atomic E-state index is -2.26. The number of aliphatic hydroxyl groups excluding tert-OH is 1. The number of β-amino-alcohol motifs (C(OH)–C–C–N with tert-alkyl or cyclic N) is 1. The van der Waals surface area contributed by atoms with Gasteiger partial charge in [0.1, 0.15) is 0 Å². The number of aliphatic hydroxyl groups is 1. The van der Waals surface area contributed by atoms with E-state index in [9.17, 15) is 13.9 Å². The van der Waals surface area contributed by atoms with Crippen LogP contribution in [0, 0.1) is 11.8 Å². The molecule has 1 aliphatic rings. The maximum atomic E-state index is 12.0. The molecule has 0 amide bonds. The van der Waals surface area contributed by atoms with Gasteiger partial charge in [-0.15, -0.1) is 0 Å². The molecule has 2 N–H and O–H groups in total. The Balaban J connectivity index is 2.41. The topological polar surface area (TPSA) is 32.3 Å². The van der Waals surface area contributed by atoms with Crippen molar-refractivity contribution in [3.8, 4) is 0 Å². The molecule has 1 rings (SSSR count). The molecule has 4 heteroatoms. The Morgan fingerprint density at radius 1 is 1.50 bits per heavy atom. The van der Waals surface area contributed by atoms with Crippen molar-refractivity contribution in [1.82, 2.24) is 5.32 Å². The Kier molecular flexibility index (Phi) is 3.40. The van der Waals surface area contributed by atoms with Gasteiger partial charge in [-0.1, -0.05) is 6.92 Å². The zero-order valence-corrected chi connectivity index (χ0v) is 7.13. The first kappa shape index (κ1) is 9.86. The minimum Gasteiger partial charge on any atom is -0.392 e. The fraction of sp³-hybridized carbons (Fsp3) is 1.00. The van der Waals surface area contributed by atoms with Gasteiger partial charge in [0, 0.05) is 13.0 Å². The second-order valence-electron chi connectivity index (χ2n) is 3.47. The van der Waals surface area contributed by atoms with Gasteiger partial charge in [-0.25, -0.2) is 8.78 Å². The second kappa shape index (κ2) is 4.14. The van der Waals surface area contributed by atoms with E-state index in [0.29, 0.717) is 13.1 Å². The highest BCUT2D eigenvalue weighted by Gasteiger charge is 2.30. The van der Waals surface area contributed by atoms with Gasteiger partial charge in [0.25, 0.3) is 0 Å². The standard InChI is InChI=1S/C8H15F2NO/c1-5-6(2-8(9)10)3-11-4-7(5)12/h5-8,11-12H,2-4H2,1H3/t5-,6+,7-/m1/s1. The molecule has 1 heterocycles. The van der Waals surface area contributed by atoms with Crippen LogP contribution in [-0.2, 0) is 0 Å². The first-order chi connectivity index (χ1) is 5.61. The fourth-order valence-corrected chi connectivity index (χ4v) is 1.63. The summed E-state index contributed by atoms with van der Waals surface area (Å²) >= 11 is 0. The van der Waals surface area contributed by atoms with Crippen molar-refractivity contribution in [2.24, 2.45) is 11.8 Å². The highest BCUT2D eigenvalue weighted by molar-refractivity contribution is 4.82. The molecule has 3 atom stereocenters. The van der Waals surface area contributed by atoms with E-state index in [4.69, 9.17) is 0 Å². The number of hydrogen-bond acceptors (Lipinski definition) is 2. The Morgan fingerprint density at radius 2 is 2.17 bits per heavy atom. The van der Waals surface area contributed by atoms with Crippen LogP contribution < -0.4 is 5.32 Å².